The summed E-state index contributed by atoms with van der Waals surface area (Å²) in [4.78, 5) is 4.32. The fourth-order valence-electron chi connectivity index (χ4n) is 1.54. The number of aryl methyl sites for hydroxylation is 1. The highest BCUT2D eigenvalue weighted by Gasteiger charge is 2.04. The third-order valence-corrected chi connectivity index (χ3v) is 2.77. The average molecular weight is 293 g/mol. The zero-order valence-corrected chi connectivity index (χ0v) is 11.3. The van der Waals surface area contributed by atoms with Crippen molar-refractivity contribution in [2.75, 3.05) is 12.4 Å². The van der Waals surface area contributed by atoms with E-state index in [1.54, 1.807) is 7.11 Å². The Kier molecular flexibility index (Phi) is 3.64. The summed E-state index contributed by atoms with van der Waals surface area (Å²) in [6.07, 6.45) is 0. The lowest BCUT2D eigenvalue weighted by atomic mass is 10.2. The van der Waals surface area contributed by atoms with Gasteiger partial charge in [-0.25, -0.2) is 4.98 Å². The van der Waals surface area contributed by atoms with Crippen LogP contribution < -0.4 is 10.1 Å². The molecule has 0 aliphatic carbocycles. The first-order chi connectivity index (χ1) is 8.19. The molecule has 0 spiro atoms. The lowest BCUT2D eigenvalue weighted by molar-refractivity contribution is 0.416. The molecule has 1 aromatic carbocycles. The Morgan fingerprint density at radius 2 is 2.06 bits per heavy atom. The molecule has 2 rings (SSSR count). The molecule has 1 N–H and O–H groups in total. The lowest BCUT2D eigenvalue weighted by Gasteiger charge is -2.11. The predicted molar refractivity (Wildman–Crippen MR) is 73.0 cm³/mol. The number of anilines is 2. The molecular weight excluding hydrogens is 280 g/mol. The number of benzene rings is 1. The molecule has 0 bridgehead atoms. The first kappa shape index (κ1) is 11.9. The van der Waals surface area contributed by atoms with E-state index in [0.29, 0.717) is 0 Å². The normalized spacial score (nSPS) is 10.1. The Hall–Kier alpha value is -1.55. The number of aromatic nitrogens is 1. The van der Waals surface area contributed by atoms with Crippen LogP contribution in [0.15, 0.2) is 41.0 Å². The number of ether oxygens (including phenoxy) is 1. The fraction of sp³-hybridized carbons (Fsp3) is 0.154. The Balaban J connectivity index is 2.32. The van der Waals surface area contributed by atoms with Gasteiger partial charge in [0.05, 0.1) is 12.8 Å². The first-order valence-corrected chi connectivity index (χ1v) is 6.02. The van der Waals surface area contributed by atoms with Gasteiger partial charge in [0.2, 0.25) is 0 Å². The van der Waals surface area contributed by atoms with Crippen LogP contribution in [0.4, 0.5) is 11.5 Å². The number of rotatable bonds is 3. The van der Waals surface area contributed by atoms with Crippen LogP contribution in [0, 0.1) is 6.92 Å². The largest absolute Gasteiger partial charge is 0.495 e. The van der Waals surface area contributed by atoms with E-state index < -0.39 is 0 Å². The number of hydrogen-bond acceptors (Lipinski definition) is 3. The second-order valence-corrected chi connectivity index (χ2v) is 4.49. The predicted octanol–water partition coefficient (Wildman–Crippen LogP) is 3.90. The van der Waals surface area contributed by atoms with Crippen molar-refractivity contribution in [2.45, 2.75) is 6.92 Å². The van der Waals surface area contributed by atoms with E-state index in [1.807, 2.05) is 43.3 Å². The Bertz CT molecular complexity index is 529. The molecule has 0 amide bonds. The second kappa shape index (κ2) is 5.19. The number of methoxy groups -OCH3 is 1. The minimum atomic E-state index is 0.781. The maximum Gasteiger partial charge on any atom is 0.142 e. The SMILES string of the molecule is COc1ccc(C)cc1Nc1cccc(Br)n1. The Labute approximate surface area is 109 Å². The van der Waals surface area contributed by atoms with Crippen LogP contribution in [0.2, 0.25) is 0 Å². The molecular formula is C13H13BrN2O. The molecule has 3 nitrogen and oxygen atoms in total. The van der Waals surface area contributed by atoms with Crippen molar-refractivity contribution in [3.05, 3.63) is 46.6 Å². The molecule has 0 atom stereocenters. The van der Waals surface area contributed by atoms with Crippen molar-refractivity contribution in [3.8, 4) is 5.75 Å². The molecule has 1 heterocycles. The van der Waals surface area contributed by atoms with Gasteiger partial charge in [-0.05, 0) is 52.7 Å². The highest BCUT2D eigenvalue weighted by atomic mass is 79.9. The number of nitrogens with one attached hydrogen (secondary N) is 1. The standard InChI is InChI=1S/C13H13BrN2O/c1-9-6-7-11(17-2)10(8-9)15-13-5-3-4-12(14)16-13/h3-8H,1-2H3,(H,15,16). The number of pyridine rings is 1. The molecule has 1 aromatic heterocycles. The Morgan fingerprint density at radius 3 is 2.76 bits per heavy atom. The summed E-state index contributed by atoms with van der Waals surface area (Å²) < 4.78 is 6.10. The monoisotopic (exact) mass is 292 g/mol. The third kappa shape index (κ3) is 2.97. The number of halogens is 1. The van der Waals surface area contributed by atoms with Gasteiger partial charge in [-0.15, -0.1) is 0 Å². The van der Waals surface area contributed by atoms with Gasteiger partial charge in [-0.2, -0.15) is 0 Å². The van der Waals surface area contributed by atoms with E-state index in [0.717, 1.165) is 21.9 Å². The van der Waals surface area contributed by atoms with E-state index in [-0.39, 0.29) is 0 Å². The van der Waals surface area contributed by atoms with E-state index >= 15 is 0 Å². The highest BCUT2D eigenvalue weighted by Crippen LogP contribution is 2.28. The molecule has 2 aromatic rings. The van der Waals surface area contributed by atoms with Crippen LogP contribution in [0.1, 0.15) is 5.56 Å². The van der Waals surface area contributed by atoms with Crippen LogP contribution in [0.25, 0.3) is 0 Å². The van der Waals surface area contributed by atoms with Crippen LogP contribution in [-0.2, 0) is 0 Å². The third-order valence-electron chi connectivity index (χ3n) is 2.33. The minimum Gasteiger partial charge on any atom is -0.495 e. The zero-order valence-electron chi connectivity index (χ0n) is 9.70. The maximum atomic E-state index is 5.30. The van der Waals surface area contributed by atoms with Gasteiger partial charge in [0.1, 0.15) is 16.2 Å². The van der Waals surface area contributed by atoms with Crippen molar-refractivity contribution >= 4 is 27.4 Å². The van der Waals surface area contributed by atoms with E-state index in [2.05, 4.69) is 26.2 Å². The van der Waals surface area contributed by atoms with Crippen molar-refractivity contribution < 1.29 is 4.74 Å². The first-order valence-electron chi connectivity index (χ1n) is 5.23. The molecule has 0 aliphatic heterocycles. The summed E-state index contributed by atoms with van der Waals surface area (Å²) in [5.41, 5.74) is 2.08. The van der Waals surface area contributed by atoms with Gasteiger partial charge in [-0.3, -0.25) is 0 Å². The maximum absolute atomic E-state index is 5.30. The van der Waals surface area contributed by atoms with Gasteiger partial charge in [0.25, 0.3) is 0 Å². The van der Waals surface area contributed by atoms with Gasteiger partial charge >= 0.3 is 0 Å². The molecule has 0 radical (unpaired) electrons. The summed E-state index contributed by atoms with van der Waals surface area (Å²) in [5.74, 6) is 1.58. The van der Waals surface area contributed by atoms with Gasteiger partial charge in [0, 0.05) is 0 Å². The van der Waals surface area contributed by atoms with Crippen LogP contribution in [0.5, 0.6) is 5.75 Å². The summed E-state index contributed by atoms with van der Waals surface area (Å²) in [6, 6.07) is 11.7. The molecule has 0 aliphatic rings. The van der Waals surface area contributed by atoms with Gasteiger partial charge < -0.3 is 10.1 Å². The van der Waals surface area contributed by atoms with Crippen LogP contribution >= 0.6 is 15.9 Å². The highest BCUT2D eigenvalue weighted by molar-refractivity contribution is 9.10. The van der Waals surface area contributed by atoms with Crippen molar-refractivity contribution in [3.63, 3.8) is 0 Å². The van der Waals surface area contributed by atoms with Crippen molar-refractivity contribution in [1.29, 1.82) is 0 Å². The average Bonchev–Trinajstić information content (AvgIpc) is 2.29. The Morgan fingerprint density at radius 1 is 1.24 bits per heavy atom. The second-order valence-electron chi connectivity index (χ2n) is 3.67. The molecule has 0 saturated heterocycles. The fourth-order valence-corrected chi connectivity index (χ4v) is 1.88. The van der Waals surface area contributed by atoms with Crippen LogP contribution in [0.3, 0.4) is 0 Å². The molecule has 17 heavy (non-hydrogen) atoms. The minimum absolute atomic E-state index is 0.781. The summed E-state index contributed by atoms with van der Waals surface area (Å²) in [7, 11) is 1.66. The number of nitrogens with zero attached hydrogens (tertiary/aromatic N) is 1. The number of hydrogen-bond donors (Lipinski definition) is 1. The topological polar surface area (TPSA) is 34.1 Å². The van der Waals surface area contributed by atoms with Crippen molar-refractivity contribution in [2.24, 2.45) is 0 Å². The summed E-state index contributed by atoms with van der Waals surface area (Å²) in [6.45, 7) is 2.04. The van der Waals surface area contributed by atoms with Crippen LogP contribution in [-0.4, -0.2) is 12.1 Å². The summed E-state index contributed by atoms with van der Waals surface area (Å²) in [5, 5.41) is 3.24. The molecule has 88 valence electrons. The van der Waals surface area contributed by atoms with Gasteiger partial charge in [-0.1, -0.05) is 12.1 Å². The van der Waals surface area contributed by atoms with E-state index in [1.165, 1.54) is 5.56 Å². The smallest absolute Gasteiger partial charge is 0.142 e. The molecule has 0 fully saturated rings. The summed E-state index contributed by atoms with van der Waals surface area (Å²) >= 11 is 3.34. The molecule has 4 heteroatoms. The van der Waals surface area contributed by atoms with Gasteiger partial charge in [0.15, 0.2) is 0 Å². The molecule has 0 unspecified atom stereocenters. The van der Waals surface area contributed by atoms with E-state index in [4.69, 9.17) is 4.74 Å². The lowest BCUT2D eigenvalue weighted by Crippen LogP contribution is -1.97. The zero-order chi connectivity index (χ0) is 12.3. The van der Waals surface area contributed by atoms with E-state index in [9.17, 15) is 0 Å². The molecule has 0 saturated carbocycles. The quantitative estimate of drug-likeness (QED) is 0.871. The van der Waals surface area contributed by atoms with Crippen molar-refractivity contribution in [1.82, 2.24) is 4.98 Å².